The predicted molar refractivity (Wildman–Crippen MR) is 81.2 cm³/mol. The average Bonchev–Trinajstić information content (AvgIpc) is 2.60. The first-order valence-electron chi connectivity index (χ1n) is 8.41. The molecule has 10 atom stereocenters. The van der Waals surface area contributed by atoms with Crippen molar-refractivity contribution in [3.8, 4) is 0 Å². The molecule has 2 heterocycles. The molecule has 0 aromatic carbocycles. The molecule has 2 rings (SSSR count). The van der Waals surface area contributed by atoms with Crippen LogP contribution >= 0.6 is 0 Å². The minimum atomic E-state index is -1.63. The summed E-state index contributed by atoms with van der Waals surface area (Å²) in [6, 6.07) is 0. The summed E-state index contributed by atoms with van der Waals surface area (Å²) in [5.74, 6) is 0. The van der Waals surface area contributed by atoms with Crippen LogP contribution in [0.3, 0.4) is 0 Å². The lowest BCUT2D eigenvalue weighted by molar-refractivity contribution is -0.357. The molecule has 10 nitrogen and oxygen atoms in total. The molecule has 0 aromatic heterocycles. The van der Waals surface area contributed by atoms with Crippen LogP contribution in [0, 0.1) is 0 Å². The minimum absolute atomic E-state index is 0.331. The highest BCUT2D eigenvalue weighted by Crippen LogP contribution is 2.29. The Kier molecular flexibility index (Phi) is 7.52. The molecule has 2 saturated heterocycles. The smallest absolute Gasteiger partial charge is 0.187 e. The van der Waals surface area contributed by atoms with Crippen molar-refractivity contribution in [1.82, 2.24) is 0 Å². The molecule has 148 valence electrons. The lowest BCUT2D eigenvalue weighted by Gasteiger charge is -2.45. The average molecular weight is 368 g/mol. The van der Waals surface area contributed by atoms with E-state index in [1.165, 1.54) is 0 Å². The van der Waals surface area contributed by atoms with Crippen LogP contribution in [0.25, 0.3) is 0 Å². The summed E-state index contributed by atoms with van der Waals surface area (Å²) < 4.78 is 21.5. The zero-order valence-corrected chi connectivity index (χ0v) is 14.2. The van der Waals surface area contributed by atoms with E-state index >= 15 is 0 Å². The fraction of sp³-hybridized carbons (Fsp3) is 1.00. The van der Waals surface area contributed by atoms with Crippen molar-refractivity contribution in [2.24, 2.45) is 0 Å². The van der Waals surface area contributed by atoms with Crippen LogP contribution < -0.4 is 0 Å². The Morgan fingerprint density at radius 1 is 0.840 bits per heavy atom. The fourth-order valence-corrected chi connectivity index (χ4v) is 2.86. The molecule has 0 amide bonds. The number of rotatable bonds is 6. The van der Waals surface area contributed by atoms with Crippen LogP contribution in [0.15, 0.2) is 0 Å². The number of hydrogen-bond acceptors (Lipinski definition) is 10. The van der Waals surface area contributed by atoms with Gasteiger partial charge in [-0.2, -0.15) is 0 Å². The molecule has 0 bridgehead atoms. The van der Waals surface area contributed by atoms with Gasteiger partial charge < -0.3 is 49.6 Å². The van der Waals surface area contributed by atoms with Crippen LogP contribution in [0.1, 0.15) is 20.3 Å². The van der Waals surface area contributed by atoms with Crippen LogP contribution in [0.4, 0.5) is 0 Å². The van der Waals surface area contributed by atoms with Crippen molar-refractivity contribution < 1.29 is 49.6 Å². The quantitative estimate of drug-likeness (QED) is 0.286. The second kappa shape index (κ2) is 9.00. The summed E-state index contributed by atoms with van der Waals surface area (Å²) in [6.45, 7) is 3.18. The summed E-state index contributed by atoms with van der Waals surface area (Å²) in [5.41, 5.74) is 0. The monoisotopic (exact) mass is 368 g/mol. The zero-order valence-electron chi connectivity index (χ0n) is 14.2. The highest BCUT2D eigenvalue weighted by molar-refractivity contribution is 4.93. The van der Waals surface area contributed by atoms with Crippen molar-refractivity contribution in [1.29, 1.82) is 0 Å². The summed E-state index contributed by atoms with van der Waals surface area (Å²) in [4.78, 5) is 0. The third kappa shape index (κ3) is 4.48. The zero-order chi connectivity index (χ0) is 18.7. The lowest BCUT2D eigenvalue weighted by Crippen LogP contribution is -2.64. The molecule has 0 aromatic rings. The molecule has 4 unspecified atom stereocenters. The van der Waals surface area contributed by atoms with Gasteiger partial charge in [0.15, 0.2) is 12.6 Å². The Hall–Kier alpha value is -0.400. The Balaban J connectivity index is 2.09. The van der Waals surface area contributed by atoms with Gasteiger partial charge in [-0.3, -0.25) is 0 Å². The molecule has 10 heteroatoms. The lowest BCUT2D eigenvalue weighted by atomic mass is 9.97. The molecule has 0 radical (unpaired) electrons. The van der Waals surface area contributed by atoms with Crippen LogP contribution in [-0.4, -0.2) is 105 Å². The standard InChI is InChI=1S/C15H28O10/c1-3-4-22-14-12(21)13(8(17)6(2)23-14)25-15-11(20)10(19)9(18)7(5-16)24-15/h6-21H,3-5H2,1-2H3/t6?,7-,8+,9-,10?,11?,12?,13-,14-,15-/m1/s1. The second-order valence-corrected chi connectivity index (χ2v) is 6.36. The van der Waals surface area contributed by atoms with E-state index < -0.39 is 68.0 Å². The molecule has 25 heavy (non-hydrogen) atoms. The summed E-state index contributed by atoms with van der Waals surface area (Å²) >= 11 is 0. The van der Waals surface area contributed by atoms with Crippen molar-refractivity contribution in [2.75, 3.05) is 13.2 Å². The molecule has 2 aliphatic heterocycles. The number of aliphatic hydroxyl groups excluding tert-OH is 6. The number of aliphatic hydroxyl groups is 6. The molecule has 2 fully saturated rings. The van der Waals surface area contributed by atoms with Crippen molar-refractivity contribution in [2.45, 2.75) is 81.7 Å². The second-order valence-electron chi connectivity index (χ2n) is 6.36. The van der Waals surface area contributed by atoms with Gasteiger partial charge in [-0.15, -0.1) is 0 Å². The van der Waals surface area contributed by atoms with Gasteiger partial charge in [0.2, 0.25) is 0 Å². The van der Waals surface area contributed by atoms with Gasteiger partial charge in [-0.05, 0) is 13.3 Å². The molecular weight excluding hydrogens is 340 g/mol. The third-order valence-electron chi connectivity index (χ3n) is 4.41. The number of hydrogen-bond donors (Lipinski definition) is 6. The Morgan fingerprint density at radius 3 is 2.12 bits per heavy atom. The Morgan fingerprint density at radius 2 is 1.52 bits per heavy atom. The summed E-state index contributed by atoms with van der Waals surface area (Å²) in [7, 11) is 0. The Labute approximate surface area is 145 Å². The van der Waals surface area contributed by atoms with Crippen molar-refractivity contribution >= 4 is 0 Å². The molecule has 6 N–H and O–H groups in total. The first-order valence-corrected chi connectivity index (χ1v) is 8.41. The predicted octanol–water partition coefficient (Wildman–Crippen LogP) is -2.94. The van der Waals surface area contributed by atoms with E-state index in [1.54, 1.807) is 6.92 Å². The van der Waals surface area contributed by atoms with Gasteiger partial charge in [0.05, 0.1) is 12.7 Å². The fourth-order valence-electron chi connectivity index (χ4n) is 2.86. The largest absolute Gasteiger partial charge is 0.394 e. The maximum atomic E-state index is 10.4. The summed E-state index contributed by atoms with van der Waals surface area (Å²) in [5, 5.41) is 59.4. The third-order valence-corrected chi connectivity index (χ3v) is 4.41. The SMILES string of the molecule is CCCO[C@@H]1OC(C)[C@H](O)[C@@H](O[C@H]2O[C@H](CO)[C@@H](O)C(O)C2O)C1O. The van der Waals surface area contributed by atoms with Gasteiger partial charge in [-0.25, -0.2) is 0 Å². The molecule has 0 aliphatic carbocycles. The molecule has 2 aliphatic rings. The topological polar surface area (TPSA) is 158 Å². The first kappa shape index (κ1) is 20.9. The van der Waals surface area contributed by atoms with E-state index in [4.69, 9.17) is 18.9 Å². The van der Waals surface area contributed by atoms with E-state index in [9.17, 15) is 30.6 Å². The summed E-state index contributed by atoms with van der Waals surface area (Å²) in [6.07, 6.45) is -12.3. The van der Waals surface area contributed by atoms with Gasteiger partial charge >= 0.3 is 0 Å². The van der Waals surface area contributed by atoms with E-state index in [0.29, 0.717) is 13.0 Å². The van der Waals surface area contributed by atoms with Gasteiger partial charge in [0.1, 0.15) is 42.7 Å². The minimum Gasteiger partial charge on any atom is -0.394 e. The molecular formula is C15H28O10. The normalized spacial score (nSPS) is 48.5. The Bertz CT molecular complexity index is 408. The van der Waals surface area contributed by atoms with E-state index in [2.05, 4.69) is 0 Å². The van der Waals surface area contributed by atoms with E-state index in [-0.39, 0.29) is 0 Å². The van der Waals surface area contributed by atoms with Gasteiger partial charge in [0, 0.05) is 6.61 Å². The maximum Gasteiger partial charge on any atom is 0.187 e. The van der Waals surface area contributed by atoms with Crippen LogP contribution in [-0.2, 0) is 18.9 Å². The van der Waals surface area contributed by atoms with Crippen molar-refractivity contribution in [3.05, 3.63) is 0 Å². The van der Waals surface area contributed by atoms with Crippen LogP contribution in [0.2, 0.25) is 0 Å². The highest BCUT2D eigenvalue weighted by atomic mass is 16.7. The number of ether oxygens (including phenoxy) is 4. The maximum absolute atomic E-state index is 10.4. The van der Waals surface area contributed by atoms with Gasteiger partial charge in [-0.1, -0.05) is 6.92 Å². The van der Waals surface area contributed by atoms with Crippen LogP contribution in [0.5, 0.6) is 0 Å². The van der Waals surface area contributed by atoms with Gasteiger partial charge in [0.25, 0.3) is 0 Å². The molecule has 0 saturated carbocycles. The highest BCUT2D eigenvalue weighted by Gasteiger charge is 2.50. The molecule has 0 spiro atoms. The van der Waals surface area contributed by atoms with Crippen molar-refractivity contribution in [3.63, 3.8) is 0 Å². The van der Waals surface area contributed by atoms with E-state index in [0.717, 1.165) is 0 Å². The first-order chi connectivity index (χ1) is 11.8. The van der Waals surface area contributed by atoms with E-state index in [1.807, 2.05) is 6.92 Å².